The van der Waals surface area contributed by atoms with Crippen LogP contribution in [-0.4, -0.2) is 66.9 Å². The van der Waals surface area contributed by atoms with Gasteiger partial charge in [-0.05, 0) is 18.2 Å². The van der Waals surface area contributed by atoms with Gasteiger partial charge in [0.15, 0.2) is 0 Å². The molecule has 23 heavy (non-hydrogen) atoms. The summed E-state index contributed by atoms with van der Waals surface area (Å²) in [6, 6.07) is 5.17. The van der Waals surface area contributed by atoms with E-state index in [2.05, 4.69) is 0 Å². The van der Waals surface area contributed by atoms with Gasteiger partial charge >= 0.3 is 6.03 Å². The van der Waals surface area contributed by atoms with Gasteiger partial charge in [-0.1, -0.05) is 29.3 Å². The van der Waals surface area contributed by atoms with Crippen LogP contribution in [0.15, 0.2) is 24.3 Å². The molecule has 1 aromatic rings. The quantitative estimate of drug-likeness (QED) is 0.765. The lowest BCUT2D eigenvalue weighted by Crippen LogP contribution is -2.52. The Morgan fingerprint density at radius 3 is 2.09 bits per heavy atom. The molecule has 2 rings (SSSR count). The molecule has 0 atom stereocenters. The van der Waals surface area contributed by atoms with Crippen LogP contribution in [0.3, 0.4) is 0 Å². The maximum absolute atomic E-state index is 12.2. The average Bonchev–Trinajstić information content (AvgIpc) is 2.53. The molecule has 0 bridgehead atoms. The Labute approximate surface area is 146 Å². The zero-order chi connectivity index (χ0) is 17.0. The van der Waals surface area contributed by atoms with Crippen LogP contribution in [0.25, 0.3) is 6.08 Å². The Morgan fingerprint density at radius 1 is 1.04 bits per heavy atom. The van der Waals surface area contributed by atoms with Gasteiger partial charge in [0.2, 0.25) is 5.91 Å². The van der Waals surface area contributed by atoms with E-state index in [0.29, 0.717) is 41.8 Å². The van der Waals surface area contributed by atoms with Gasteiger partial charge in [0.25, 0.3) is 0 Å². The third kappa shape index (κ3) is 4.39. The van der Waals surface area contributed by atoms with Crippen molar-refractivity contribution in [3.8, 4) is 0 Å². The molecule has 0 aliphatic carbocycles. The van der Waals surface area contributed by atoms with E-state index in [0.717, 1.165) is 0 Å². The van der Waals surface area contributed by atoms with Gasteiger partial charge in [-0.2, -0.15) is 0 Å². The Kier molecular flexibility index (Phi) is 5.91. The summed E-state index contributed by atoms with van der Waals surface area (Å²) < 4.78 is 0. The van der Waals surface area contributed by atoms with Crippen molar-refractivity contribution >= 4 is 41.2 Å². The minimum Gasteiger partial charge on any atom is -0.336 e. The van der Waals surface area contributed by atoms with Gasteiger partial charge in [-0.25, -0.2) is 4.79 Å². The van der Waals surface area contributed by atoms with Crippen molar-refractivity contribution in [3.63, 3.8) is 0 Å². The molecule has 0 radical (unpaired) electrons. The Balaban J connectivity index is 1.95. The first-order valence-electron chi connectivity index (χ1n) is 7.27. The van der Waals surface area contributed by atoms with Gasteiger partial charge in [-0.15, -0.1) is 0 Å². The second-order valence-corrected chi connectivity index (χ2v) is 6.27. The number of carbonyl (C=O) groups excluding carboxylic acids is 2. The summed E-state index contributed by atoms with van der Waals surface area (Å²) >= 11 is 12.1. The normalized spacial score (nSPS) is 15.1. The highest BCUT2D eigenvalue weighted by Crippen LogP contribution is 2.25. The van der Waals surface area contributed by atoms with Crippen molar-refractivity contribution in [2.24, 2.45) is 0 Å². The molecule has 1 saturated heterocycles. The van der Waals surface area contributed by atoms with Gasteiger partial charge < -0.3 is 14.7 Å². The molecule has 0 aromatic heterocycles. The monoisotopic (exact) mass is 355 g/mol. The van der Waals surface area contributed by atoms with Gasteiger partial charge in [0, 0.05) is 62.0 Å². The summed E-state index contributed by atoms with van der Waals surface area (Å²) in [6.45, 7) is 2.09. The molecule has 0 unspecified atom stereocenters. The molecule has 0 spiro atoms. The van der Waals surface area contributed by atoms with Crippen LogP contribution in [0.1, 0.15) is 5.56 Å². The molecule has 5 nitrogen and oxygen atoms in total. The number of benzene rings is 1. The lowest BCUT2D eigenvalue weighted by atomic mass is 10.2. The summed E-state index contributed by atoms with van der Waals surface area (Å²) in [4.78, 5) is 29.1. The van der Waals surface area contributed by atoms with Crippen LogP contribution in [0, 0.1) is 0 Å². The lowest BCUT2D eigenvalue weighted by Gasteiger charge is -2.35. The number of rotatable bonds is 2. The van der Waals surface area contributed by atoms with E-state index in [4.69, 9.17) is 23.2 Å². The van der Waals surface area contributed by atoms with Crippen LogP contribution in [0.2, 0.25) is 10.0 Å². The molecular weight excluding hydrogens is 337 g/mol. The lowest BCUT2D eigenvalue weighted by molar-refractivity contribution is -0.127. The van der Waals surface area contributed by atoms with Gasteiger partial charge in [0.1, 0.15) is 0 Å². The number of halogens is 2. The third-order valence-corrected chi connectivity index (χ3v) is 4.30. The molecule has 7 heteroatoms. The molecule has 1 aliphatic rings. The first-order chi connectivity index (χ1) is 10.9. The van der Waals surface area contributed by atoms with E-state index in [-0.39, 0.29) is 11.9 Å². The number of piperazine rings is 1. The highest BCUT2D eigenvalue weighted by atomic mass is 35.5. The fourth-order valence-corrected chi connectivity index (χ4v) is 2.85. The number of hydrogen-bond donors (Lipinski definition) is 0. The summed E-state index contributed by atoms with van der Waals surface area (Å²) in [6.07, 6.45) is 3.10. The summed E-state index contributed by atoms with van der Waals surface area (Å²) in [5, 5.41) is 1.01. The molecule has 124 valence electrons. The maximum Gasteiger partial charge on any atom is 0.319 e. The largest absolute Gasteiger partial charge is 0.336 e. The predicted molar refractivity (Wildman–Crippen MR) is 92.7 cm³/mol. The SMILES string of the molecule is CN(C)C(=O)N1CCN(C(=O)/C=C/c2c(Cl)cccc2Cl)CC1. The van der Waals surface area contributed by atoms with Crippen LogP contribution in [-0.2, 0) is 4.79 Å². The Morgan fingerprint density at radius 2 is 1.57 bits per heavy atom. The van der Waals surface area contributed by atoms with Crippen molar-refractivity contribution < 1.29 is 9.59 Å². The number of hydrogen-bond acceptors (Lipinski definition) is 2. The fraction of sp³-hybridized carbons (Fsp3) is 0.375. The van der Waals surface area contributed by atoms with Crippen LogP contribution in [0.5, 0.6) is 0 Å². The third-order valence-electron chi connectivity index (χ3n) is 3.64. The minimum absolute atomic E-state index is 0.0320. The molecule has 3 amide bonds. The van der Waals surface area contributed by atoms with E-state index >= 15 is 0 Å². The molecule has 1 aliphatic heterocycles. The van der Waals surface area contributed by atoms with Crippen molar-refractivity contribution in [2.75, 3.05) is 40.3 Å². The number of nitrogens with zero attached hydrogens (tertiary/aromatic N) is 3. The molecular formula is C16H19Cl2N3O2. The molecule has 0 N–H and O–H groups in total. The minimum atomic E-state index is -0.113. The molecule has 1 aromatic carbocycles. The first kappa shape index (κ1) is 17.6. The zero-order valence-electron chi connectivity index (χ0n) is 13.1. The standard InChI is InChI=1S/C16H19Cl2N3O2/c1-19(2)16(23)21-10-8-20(9-11-21)15(22)7-6-12-13(17)4-3-5-14(12)18/h3-7H,8-11H2,1-2H3/b7-6+. The van der Waals surface area contributed by atoms with E-state index in [9.17, 15) is 9.59 Å². The Bertz CT molecular complexity index is 604. The fourth-order valence-electron chi connectivity index (χ4n) is 2.33. The van der Waals surface area contributed by atoms with Crippen molar-refractivity contribution in [2.45, 2.75) is 0 Å². The van der Waals surface area contributed by atoms with E-state index in [1.54, 1.807) is 48.2 Å². The zero-order valence-corrected chi connectivity index (χ0v) is 14.6. The van der Waals surface area contributed by atoms with Crippen LogP contribution < -0.4 is 0 Å². The summed E-state index contributed by atoms with van der Waals surface area (Å²) in [5.74, 6) is -0.113. The second kappa shape index (κ2) is 7.70. The van der Waals surface area contributed by atoms with Gasteiger partial charge in [-0.3, -0.25) is 4.79 Å². The molecule has 1 heterocycles. The van der Waals surface area contributed by atoms with Gasteiger partial charge in [0.05, 0.1) is 0 Å². The van der Waals surface area contributed by atoms with Crippen molar-refractivity contribution in [1.29, 1.82) is 0 Å². The average molecular weight is 356 g/mol. The smallest absolute Gasteiger partial charge is 0.319 e. The summed E-state index contributed by atoms with van der Waals surface area (Å²) in [5.41, 5.74) is 0.630. The first-order valence-corrected chi connectivity index (χ1v) is 8.03. The van der Waals surface area contributed by atoms with E-state index < -0.39 is 0 Å². The van der Waals surface area contributed by atoms with Crippen LogP contribution in [0.4, 0.5) is 4.79 Å². The number of carbonyl (C=O) groups is 2. The molecule has 0 saturated carbocycles. The van der Waals surface area contributed by atoms with Crippen molar-refractivity contribution in [1.82, 2.24) is 14.7 Å². The predicted octanol–water partition coefficient (Wildman–Crippen LogP) is 2.83. The van der Waals surface area contributed by atoms with Crippen molar-refractivity contribution in [3.05, 3.63) is 39.9 Å². The van der Waals surface area contributed by atoms with Crippen LogP contribution >= 0.6 is 23.2 Å². The topological polar surface area (TPSA) is 43.9 Å². The highest BCUT2D eigenvalue weighted by Gasteiger charge is 2.23. The van der Waals surface area contributed by atoms with E-state index in [1.807, 2.05) is 0 Å². The molecule has 1 fully saturated rings. The Hall–Kier alpha value is -1.72. The van der Waals surface area contributed by atoms with E-state index in [1.165, 1.54) is 11.0 Å². The number of urea groups is 1. The maximum atomic E-state index is 12.2. The summed E-state index contributed by atoms with van der Waals surface area (Å²) in [7, 11) is 3.44. The number of amides is 3. The second-order valence-electron chi connectivity index (χ2n) is 5.46. The highest BCUT2D eigenvalue weighted by molar-refractivity contribution is 6.37.